The Morgan fingerprint density at radius 1 is 1.00 bits per heavy atom. The fourth-order valence-electron chi connectivity index (χ4n) is 1.78. The summed E-state index contributed by atoms with van der Waals surface area (Å²) >= 11 is 0. The van der Waals surface area contributed by atoms with Crippen molar-refractivity contribution in [3.05, 3.63) is 29.3 Å². The maximum absolute atomic E-state index is 11.9. The van der Waals surface area contributed by atoms with Gasteiger partial charge in [0.1, 0.15) is 13.1 Å². The zero-order chi connectivity index (χ0) is 15.3. The number of carbonyl (C=O) groups is 3. The number of carboxylic acid groups (broad SMARTS) is 2. The van der Waals surface area contributed by atoms with Crippen molar-refractivity contribution in [1.82, 2.24) is 4.90 Å². The molecule has 0 saturated carbocycles. The molecule has 0 fully saturated rings. The fraction of sp³-hybridized carbons (Fsp3) is 0.308. The molecule has 1 aromatic rings. The summed E-state index contributed by atoms with van der Waals surface area (Å²) in [6, 6.07) is 4.58. The summed E-state index contributed by atoms with van der Waals surface area (Å²) in [6.45, 7) is 2.36. The molecule has 0 aliphatic rings. The third kappa shape index (κ3) is 4.97. The van der Waals surface area contributed by atoms with Crippen LogP contribution in [0.2, 0.25) is 0 Å². The van der Waals surface area contributed by atoms with E-state index >= 15 is 0 Å². The van der Waals surface area contributed by atoms with Gasteiger partial charge in [0.15, 0.2) is 0 Å². The van der Waals surface area contributed by atoms with Crippen molar-refractivity contribution in [2.45, 2.75) is 13.8 Å². The van der Waals surface area contributed by atoms with E-state index in [-0.39, 0.29) is 0 Å². The monoisotopic (exact) mass is 280 g/mol. The highest BCUT2D eigenvalue weighted by atomic mass is 16.4. The van der Waals surface area contributed by atoms with Crippen molar-refractivity contribution in [3.63, 3.8) is 0 Å². The van der Waals surface area contributed by atoms with Crippen molar-refractivity contribution in [3.8, 4) is 0 Å². The summed E-state index contributed by atoms with van der Waals surface area (Å²) in [6.07, 6.45) is 0. The minimum absolute atomic E-state index is 0.494. The van der Waals surface area contributed by atoms with E-state index in [4.69, 9.17) is 10.2 Å². The highest BCUT2D eigenvalue weighted by Crippen LogP contribution is 2.14. The van der Waals surface area contributed by atoms with Gasteiger partial charge in [0, 0.05) is 5.69 Å². The molecule has 0 unspecified atom stereocenters. The van der Waals surface area contributed by atoms with E-state index in [1.165, 1.54) is 0 Å². The first kappa shape index (κ1) is 15.5. The number of nitrogens with one attached hydrogen (secondary N) is 1. The molecular formula is C13H16N2O5. The summed E-state index contributed by atoms with van der Waals surface area (Å²) < 4.78 is 0. The molecule has 0 bridgehead atoms. The van der Waals surface area contributed by atoms with Crippen molar-refractivity contribution >= 4 is 23.7 Å². The van der Waals surface area contributed by atoms with Gasteiger partial charge in [0.05, 0.1) is 0 Å². The third-order valence-corrected chi connectivity index (χ3v) is 2.41. The second kappa shape index (κ2) is 6.55. The molecule has 108 valence electrons. The number of anilines is 1. The van der Waals surface area contributed by atoms with Crippen LogP contribution in [-0.4, -0.2) is 46.2 Å². The van der Waals surface area contributed by atoms with Crippen molar-refractivity contribution in [1.29, 1.82) is 0 Å². The van der Waals surface area contributed by atoms with Crippen LogP contribution in [0.1, 0.15) is 11.1 Å². The molecular weight excluding hydrogens is 264 g/mol. The normalized spacial score (nSPS) is 9.90. The maximum Gasteiger partial charge on any atom is 0.323 e. The smallest absolute Gasteiger partial charge is 0.323 e. The van der Waals surface area contributed by atoms with E-state index in [0.29, 0.717) is 10.6 Å². The third-order valence-electron chi connectivity index (χ3n) is 2.41. The molecule has 0 spiro atoms. The minimum atomic E-state index is -1.28. The van der Waals surface area contributed by atoms with Crippen molar-refractivity contribution in [2.75, 3.05) is 18.4 Å². The maximum atomic E-state index is 11.9. The fourth-order valence-corrected chi connectivity index (χ4v) is 1.78. The van der Waals surface area contributed by atoms with Crippen molar-refractivity contribution < 1.29 is 24.6 Å². The molecule has 0 aliphatic heterocycles. The number of hydrogen-bond acceptors (Lipinski definition) is 3. The zero-order valence-corrected chi connectivity index (χ0v) is 11.2. The first-order chi connectivity index (χ1) is 9.27. The Balaban J connectivity index is 2.83. The second-order valence-corrected chi connectivity index (χ2v) is 4.45. The molecule has 2 amide bonds. The summed E-state index contributed by atoms with van der Waals surface area (Å²) in [4.78, 5) is 33.9. The van der Waals surface area contributed by atoms with Crippen LogP contribution in [-0.2, 0) is 9.59 Å². The summed E-state index contributed by atoms with van der Waals surface area (Å²) in [5.74, 6) is -2.55. The van der Waals surface area contributed by atoms with Crippen LogP contribution in [0.3, 0.4) is 0 Å². The number of amides is 2. The Kier molecular flexibility index (Phi) is 5.08. The van der Waals surface area contributed by atoms with Gasteiger partial charge in [0.25, 0.3) is 0 Å². The number of carbonyl (C=O) groups excluding carboxylic acids is 1. The summed E-state index contributed by atoms with van der Waals surface area (Å²) in [5, 5.41) is 19.9. The van der Waals surface area contributed by atoms with Gasteiger partial charge in [-0.15, -0.1) is 0 Å². The van der Waals surface area contributed by atoms with Gasteiger partial charge in [-0.2, -0.15) is 0 Å². The number of aryl methyl sites for hydroxylation is 2. The lowest BCUT2D eigenvalue weighted by Gasteiger charge is -2.19. The van der Waals surface area contributed by atoms with E-state index in [2.05, 4.69) is 5.32 Å². The molecule has 1 aromatic carbocycles. The first-order valence-corrected chi connectivity index (χ1v) is 5.85. The van der Waals surface area contributed by atoms with Crippen molar-refractivity contribution in [2.24, 2.45) is 0 Å². The molecule has 3 N–H and O–H groups in total. The number of carboxylic acids is 2. The highest BCUT2D eigenvalue weighted by Gasteiger charge is 2.19. The highest BCUT2D eigenvalue weighted by molar-refractivity contribution is 5.93. The average Bonchev–Trinajstić information content (AvgIpc) is 2.24. The molecule has 7 heteroatoms. The number of aliphatic carboxylic acids is 2. The van der Waals surface area contributed by atoms with Crippen LogP contribution in [0.4, 0.5) is 10.5 Å². The largest absolute Gasteiger partial charge is 0.480 e. The SMILES string of the molecule is Cc1cc(C)cc(NC(=O)N(CC(=O)O)CC(=O)O)c1. The van der Waals surface area contributed by atoms with Gasteiger partial charge in [-0.3, -0.25) is 9.59 Å². The van der Waals surface area contributed by atoms with Gasteiger partial charge in [-0.05, 0) is 37.1 Å². The standard InChI is InChI=1S/C13H16N2O5/c1-8-3-9(2)5-10(4-8)14-13(20)15(6-11(16)17)7-12(18)19/h3-5H,6-7H2,1-2H3,(H,14,20)(H,16,17)(H,18,19). The zero-order valence-electron chi connectivity index (χ0n) is 11.2. The lowest BCUT2D eigenvalue weighted by molar-refractivity contribution is -0.140. The van der Waals surface area contributed by atoms with Crippen LogP contribution in [0.15, 0.2) is 18.2 Å². The number of nitrogens with zero attached hydrogens (tertiary/aromatic N) is 1. The number of benzene rings is 1. The average molecular weight is 280 g/mol. The van der Waals surface area contributed by atoms with Gasteiger partial charge in [-0.1, -0.05) is 6.07 Å². The molecule has 7 nitrogen and oxygen atoms in total. The van der Waals surface area contributed by atoms with E-state index in [1.54, 1.807) is 12.1 Å². The predicted molar refractivity (Wildman–Crippen MR) is 71.8 cm³/mol. The van der Waals surface area contributed by atoms with E-state index < -0.39 is 31.1 Å². The summed E-state index contributed by atoms with van der Waals surface area (Å²) in [7, 11) is 0. The first-order valence-electron chi connectivity index (χ1n) is 5.85. The molecule has 0 aliphatic carbocycles. The quantitative estimate of drug-likeness (QED) is 0.753. The number of rotatable bonds is 5. The van der Waals surface area contributed by atoms with Gasteiger partial charge in [-0.25, -0.2) is 4.79 Å². The molecule has 20 heavy (non-hydrogen) atoms. The molecule has 0 aromatic heterocycles. The molecule has 1 rings (SSSR count). The van der Waals surface area contributed by atoms with Gasteiger partial charge in [0.2, 0.25) is 0 Å². The Hall–Kier alpha value is -2.57. The van der Waals surface area contributed by atoms with E-state index in [0.717, 1.165) is 11.1 Å². The molecule has 0 heterocycles. The topological polar surface area (TPSA) is 107 Å². The Morgan fingerprint density at radius 3 is 1.85 bits per heavy atom. The van der Waals surface area contributed by atoms with Crippen LogP contribution in [0, 0.1) is 13.8 Å². The lowest BCUT2D eigenvalue weighted by atomic mass is 10.1. The number of hydrogen-bond donors (Lipinski definition) is 3. The molecule has 0 saturated heterocycles. The van der Waals surface area contributed by atoms with Crippen LogP contribution < -0.4 is 5.32 Å². The second-order valence-electron chi connectivity index (χ2n) is 4.45. The van der Waals surface area contributed by atoms with E-state index in [9.17, 15) is 14.4 Å². The lowest BCUT2D eigenvalue weighted by Crippen LogP contribution is -2.41. The Labute approximate surface area is 115 Å². The van der Waals surface area contributed by atoms with E-state index in [1.807, 2.05) is 19.9 Å². The summed E-state index contributed by atoms with van der Waals surface area (Å²) in [5.41, 5.74) is 2.36. The van der Waals surface area contributed by atoms with Crippen LogP contribution in [0.25, 0.3) is 0 Å². The van der Waals surface area contributed by atoms with Gasteiger partial charge < -0.3 is 20.4 Å². The predicted octanol–water partition coefficient (Wildman–Crippen LogP) is 1.31. The van der Waals surface area contributed by atoms with Crippen LogP contribution >= 0.6 is 0 Å². The van der Waals surface area contributed by atoms with Gasteiger partial charge >= 0.3 is 18.0 Å². The van der Waals surface area contributed by atoms with Crippen LogP contribution in [0.5, 0.6) is 0 Å². The molecule has 0 atom stereocenters. The minimum Gasteiger partial charge on any atom is -0.480 e. The molecule has 0 radical (unpaired) electrons. The Bertz CT molecular complexity index is 505. The number of urea groups is 1. The Morgan fingerprint density at radius 2 is 1.45 bits per heavy atom.